The fourth-order valence-corrected chi connectivity index (χ4v) is 2.18. The predicted molar refractivity (Wildman–Crippen MR) is 67.4 cm³/mol. The normalized spacial score (nSPS) is 20.5. The second kappa shape index (κ2) is 5.32. The van der Waals surface area contributed by atoms with Gasteiger partial charge >= 0.3 is 12.2 Å². The van der Waals surface area contributed by atoms with Crippen molar-refractivity contribution >= 4 is 11.7 Å². The number of hydrogen-bond donors (Lipinski definition) is 4. The first-order valence-electron chi connectivity index (χ1n) is 6.07. The van der Waals surface area contributed by atoms with Crippen molar-refractivity contribution in [1.29, 1.82) is 0 Å². The number of urea groups is 1. The number of phenols is 1. The molecule has 1 fully saturated rings. The minimum atomic E-state index is -4.56. The zero-order chi connectivity index (χ0) is 15.8. The lowest BCUT2D eigenvalue weighted by atomic mass is 10.0. The molecule has 0 saturated carbocycles. The molecule has 0 bridgehead atoms. The molecule has 0 aliphatic carbocycles. The van der Waals surface area contributed by atoms with Crippen LogP contribution in [-0.4, -0.2) is 46.5 Å². The monoisotopic (exact) mass is 305 g/mol. The van der Waals surface area contributed by atoms with Crippen molar-refractivity contribution in [2.24, 2.45) is 0 Å². The molecule has 1 aromatic rings. The summed E-state index contributed by atoms with van der Waals surface area (Å²) in [4.78, 5) is 12.6. The molecule has 21 heavy (non-hydrogen) atoms. The molecule has 0 radical (unpaired) electrons. The lowest BCUT2D eigenvalue weighted by molar-refractivity contribution is -0.150. The maximum Gasteiger partial charge on any atom is 0.410 e. The Labute approximate surface area is 118 Å². The van der Waals surface area contributed by atoms with E-state index in [9.17, 15) is 28.2 Å². The quantitative estimate of drug-likeness (QED) is 0.494. The number of nitrogens with two attached hydrogens (primary N) is 1. The molecule has 1 heterocycles. The largest absolute Gasteiger partial charge is 0.506 e. The molecule has 2 rings (SSSR count). The number of aliphatic hydroxyl groups is 1. The number of carbonyl (C=O) groups is 1. The van der Waals surface area contributed by atoms with Crippen LogP contribution >= 0.6 is 0 Å². The number of amides is 2. The van der Waals surface area contributed by atoms with Crippen LogP contribution in [0, 0.1) is 0 Å². The third-order valence-electron chi connectivity index (χ3n) is 3.32. The van der Waals surface area contributed by atoms with Gasteiger partial charge in [-0.15, -0.1) is 0 Å². The number of halogens is 3. The fourth-order valence-electron chi connectivity index (χ4n) is 2.18. The standard InChI is InChI=1S/C12H14F3N3O3/c13-12(14,15)10-4-18(11(21)17-10)8(5-19)6-1-2-9(20)7(16)3-6/h1-3,8,10,19-20H,4-5,16H2,(H,17,21)/t8-,10+/m1/s1. The van der Waals surface area contributed by atoms with Gasteiger partial charge in [0.2, 0.25) is 0 Å². The van der Waals surface area contributed by atoms with E-state index in [-0.39, 0.29) is 11.4 Å². The number of benzene rings is 1. The summed E-state index contributed by atoms with van der Waals surface area (Å²) in [7, 11) is 0. The fraction of sp³-hybridized carbons (Fsp3) is 0.417. The third kappa shape index (κ3) is 2.97. The molecule has 6 nitrogen and oxygen atoms in total. The number of carbonyl (C=O) groups excluding carboxylic acids is 1. The number of alkyl halides is 3. The van der Waals surface area contributed by atoms with E-state index in [4.69, 9.17) is 5.73 Å². The zero-order valence-electron chi connectivity index (χ0n) is 10.8. The van der Waals surface area contributed by atoms with Gasteiger partial charge in [-0.2, -0.15) is 13.2 Å². The summed E-state index contributed by atoms with van der Waals surface area (Å²) in [5, 5.41) is 20.6. The first-order chi connectivity index (χ1) is 9.74. The van der Waals surface area contributed by atoms with Crippen molar-refractivity contribution in [3.05, 3.63) is 23.8 Å². The Morgan fingerprint density at radius 2 is 2.14 bits per heavy atom. The molecule has 0 spiro atoms. The van der Waals surface area contributed by atoms with Crippen LogP contribution in [0.4, 0.5) is 23.7 Å². The van der Waals surface area contributed by atoms with E-state index in [0.717, 1.165) is 4.90 Å². The predicted octanol–water partition coefficient (Wildman–Crippen LogP) is 0.964. The second-order valence-corrected chi connectivity index (χ2v) is 4.71. The minimum absolute atomic E-state index is 0.0120. The lowest BCUT2D eigenvalue weighted by Crippen LogP contribution is -2.40. The molecule has 5 N–H and O–H groups in total. The van der Waals surface area contributed by atoms with Crippen molar-refractivity contribution in [3.63, 3.8) is 0 Å². The lowest BCUT2D eigenvalue weighted by Gasteiger charge is -2.26. The molecule has 0 unspecified atom stereocenters. The molecule has 1 aromatic carbocycles. The highest BCUT2D eigenvalue weighted by atomic mass is 19.4. The van der Waals surface area contributed by atoms with Gasteiger partial charge in [-0.1, -0.05) is 6.07 Å². The van der Waals surface area contributed by atoms with Crippen LogP contribution in [0.5, 0.6) is 5.75 Å². The third-order valence-corrected chi connectivity index (χ3v) is 3.32. The molecular weight excluding hydrogens is 291 g/mol. The number of anilines is 1. The molecule has 1 aliphatic rings. The Balaban J connectivity index is 2.25. The van der Waals surface area contributed by atoms with E-state index in [0.29, 0.717) is 5.56 Å². The van der Waals surface area contributed by atoms with Gasteiger partial charge in [-0.3, -0.25) is 0 Å². The van der Waals surface area contributed by atoms with Crippen molar-refractivity contribution in [1.82, 2.24) is 10.2 Å². The number of aromatic hydroxyl groups is 1. The Morgan fingerprint density at radius 1 is 1.48 bits per heavy atom. The first kappa shape index (κ1) is 15.2. The van der Waals surface area contributed by atoms with Crippen molar-refractivity contribution in [3.8, 4) is 5.75 Å². The van der Waals surface area contributed by atoms with Crippen LogP contribution in [0.15, 0.2) is 18.2 Å². The summed E-state index contributed by atoms with van der Waals surface area (Å²) in [5.41, 5.74) is 5.86. The highest BCUT2D eigenvalue weighted by molar-refractivity contribution is 5.77. The van der Waals surface area contributed by atoms with Crippen LogP contribution in [-0.2, 0) is 0 Å². The summed E-state index contributed by atoms with van der Waals surface area (Å²) < 4.78 is 37.9. The topological polar surface area (TPSA) is 98.8 Å². The zero-order valence-corrected chi connectivity index (χ0v) is 10.8. The summed E-state index contributed by atoms with van der Waals surface area (Å²) in [6.07, 6.45) is -4.56. The maximum absolute atomic E-state index is 12.6. The number of nitrogens with one attached hydrogen (secondary N) is 1. The van der Waals surface area contributed by atoms with E-state index in [2.05, 4.69) is 0 Å². The summed E-state index contributed by atoms with van der Waals surface area (Å²) in [6.45, 7) is -1.17. The number of nitrogens with zero attached hydrogens (tertiary/aromatic N) is 1. The van der Waals surface area contributed by atoms with E-state index in [1.54, 1.807) is 0 Å². The van der Waals surface area contributed by atoms with Gasteiger partial charge in [-0.25, -0.2) is 4.79 Å². The Hall–Kier alpha value is -2.16. The minimum Gasteiger partial charge on any atom is -0.506 e. The van der Waals surface area contributed by atoms with Crippen LogP contribution in [0.2, 0.25) is 0 Å². The van der Waals surface area contributed by atoms with Crippen molar-refractivity contribution < 1.29 is 28.2 Å². The maximum atomic E-state index is 12.6. The second-order valence-electron chi connectivity index (χ2n) is 4.71. The summed E-state index contributed by atoms with van der Waals surface area (Å²) in [6, 6.07) is 0.0880. The van der Waals surface area contributed by atoms with Crippen molar-refractivity contribution in [2.45, 2.75) is 18.3 Å². The SMILES string of the molecule is Nc1cc([C@@H](CO)N2C[C@@H](C(F)(F)F)NC2=O)ccc1O. The van der Waals surface area contributed by atoms with Crippen LogP contribution < -0.4 is 11.1 Å². The van der Waals surface area contributed by atoms with E-state index in [1.807, 2.05) is 5.32 Å². The van der Waals surface area contributed by atoms with Crippen molar-refractivity contribution in [2.75, 3.05) is 18.9 Å². The number of aliphatic hydroxyl groups excluding tert-OH is 1. The number of rotatable bonds is 3. The Bertz CT molecular complexity index is 550. The molecule has 1 saturated heterocycles. The average molecular weight is 305 g/mol. The molecule has 9 heteroatoms. The van der Waals surface area contributed by atoms with E-state index < -0.39 is 37.4 Å². The summed E-state index contributed by atoms with van der Waals surface area (Å²) >= 11 is 0. The van der Waals surface area contributed by atoms with E-state index >= 15 is 0 Å². The van der Waals surface area contributed by atoms with Gasteiger partial charge in [0.05, 0.1) is 24.9 Å². The molecule has 2 atom stereocenters. The molecule has 2 amide bonds. The number of phenolic OH excluding ortho intramolecular Hbond substituents is 1. The Kier molecular flexibility index (Phi) is 3.86. The van der Waals surface area contributed by atoms with E-state index in [1.165, 1.54) is 18.2 Å². The first-order valence-corrected chi connectivity index (χ1v) is 6.07. The summed E-state index contributed by atoms with van der Waals surface area (Å²) in [5.74, 6) is -0.186. The van der Waals surface area contributed by atoms with Gasteiger partial charge in [0.25, 0.3) is 0 Å². The van der Waals surface area contributed by atoms with Crippen LogP contribution in [0.1, 0.15) is 11.6 Å². The highest BCUT2D eigenvalue weighted by Crippen LogP contribution is 2.31. The van der Waals surface area contributed by atoms with Gasteiger partial charge in [0.15, 0.2) is 0 Å². The number of hydrogen-bond acceptors (Lipinski definition) is 4. The Morgan fingerprint density at radius 3 is 2.62 bits per heavy atom. The number of nitrogen functional groups attached to an aromatic ring is 1. The van der Waals surface area contributed by atoms with Crippen LogP contribution in [0.25, 0.3) is 0 Å². The molecule has 0 aromatic heterocycles. The smallest absolute Gasteiger partial charge is 0.410 e. The molecule has 1 aliphatic heterocycles. The molecular formula is C12H14F3N3O3. The van der Waals surface area contributed by atoms with Crippen LogP contribution in [0.3, 0.4) is 0 Å². The van der Waals surface area contributed by atoms with Gasteiger partial charge in [0, 0.05) is 0 Å². The van der Waals surface area contributed by atoms with Gasteiger partial charge in [0.1, 0.15) is 11.8 Å². The molecule has 116 valence electrons. The highest BCUT2D eigenvalue weighted by Gasteiger charge is 2.48. The van der Waals surface area contributed by atoms with Gasteiger partial charge < -0.3 is 26.2 Å². The van der Waals surface area contributed by atoms with Gasteiger partial charge in [-0.05, 0) is 17.7 Å². The average Bonchev–Trinajstić information content (AvgIpc) is 2.77.